The lowest BCUT2D eigenvalue weighted by atomic mass is 10.2. The van der Waals surface area contributed by atoms with E-state index in [1.165, 1.54) is 18.9 Å². The number of hydrogen-bond acceptors (Lipinski definition) is 7. The summed E-state index contributed by atoms with van der Waals surface area (Å²) < 4.78 is 4.76. The molecule has 2 aromatic heterocycles. The zero-order valence-corrected chi connectivity index (χ0v) is 16.7. The van der Waals surface area contributed by atoms with Gasteiger partial charge in [-0.3, -0.25) is 4.79 Å². The second-order valence-corrected chi connectivity index (χ2v) is 7.81. The first kappa shape index (κ1) is 19.1. The van der Waals surface area contributed by atoms with E-state index in [1.54, 1.807) is 6.92 Å². The summed E-state index contributed by atoms with van der Waals surface area (Å²) in [6, 6.07) is 7.70. The van der Waals surface area contributed by atoms with Gasteiger partial charge < -0.3 is 15.5 Å². The number of benzene rings is 1. The highest BCUT2D eigenvalue weighted by Gasteiger charge is 2.19. The molecule has 2 heterocycles. The van der Waals surface area contributed by atoms with E-state index in [2.05, 4.69) is 15.0 Å². The first-order chi connectivity index (χ1) is 12.9. The van der Waals surface area contributed by atoms with Crippen molar-refractivity contribution < 1.29 is 9.53 Å². The van der Waals surface area contributed by atoms with Gasteiger partial charge in [0.1, 0.15) is 15.5 Å². The lowest BCUT2D eigenvalue weighted by Gasteiger charge is -2.02. The van der Waals surface area contributed by atoms with E-state index < -0.39 is 5.97 Å². The highest BCUT2D eigenvalue weighted by Crippen LogP contribution is 2.28. The summed E-state index contributed by atoms with van der Waals surface area (Å²) in [6.07, 6.45) is 0. The Bertz CT molecular complexity index is 1100. The zero-order chi connectivity index (χ0) is 19.6. The third-order valence-electron chi connectivity index (χ3n) is 3.82. The molecule has 0 unspecified atom stereocenters. The number of nitrogens with zero attached hydrogens (tertiary/aromatic N) is 2. The summed E-state index contributed by atoms with van der Waals surface area (Å²) in [4.78, 5) is 36.7. The summed E-state index contributed by atoms with van der Waals surface area (Å²) in [5, 5.41) is 0.788. The highest BCUT2D eigenvalue weighted by atomic mass is 32.2. The van der Waals surface area contributed by atoms with Crippen molar-refractivity contribution in [1.82, 2.24) is 9.97 Å². The van der Waals surface area contributed by atoms with Gasteiger partial charge in [-0.05, 0) is 37.1 Å². The monoisotopic (exact) mass is 402 g/mol. The number of esters is 1. The molecule has 0 atom stereocenters. The molecule has 140 valence electrons. The second-order valence-electron chi connectivity index (χ2n) is 5.82. The number of methoxy groups -OCH3 is 1. The number of aromatic nitrogens is 2. The largest absolute Gasteiger partial charge is 0.465 e. The van der Waals surface area contributed by atoms with E-state index in [4.69, 9.17) is 10.5 Å². The van der Waals surface area contributed by atoms with Gasteiger partial charge in [0.05, 0.1) is 23.9 Å². The molecule has 3 aromatic rings. The van der Waals surface area contributed by atoms with Crippen LogP contribution in [0, 0.1) is 13.8 Å². The van der Waals surface area contributed by atoms with Crippen LogP contribution < -0.4 is 11.3 Å². The molecule has 0 radical (unpaired) electrons. The molecule has 0 spiro atoms. The number of hydrogen-bond donors (Lipinski definition) is 2. The molecule has 3 N–H and O–H groups in total. The predicted octanol–water partition coefficient (Wildman–Crippen LogP) is 3.27. The quantitative estimate of drug-likeness (QED) is 0.394. The minimum absolute atomic E-state index is 0.284. The van der Waals surface area contributed by atoms with Crippen molar-refractivity contribution in [2.75, 3.05) is 7.11 Å². The Hall–Kier alpha value is -2.65. The summed E-state index contributed by atoms with van der Waals surface area (Å²) in [5.74, 6) is 0.356. The average molecular weight is 403 g/mol. The molecule has 0 aliphatic heterocycles. The Labute approximate surface area is 163 Å². The Morgan fingerprint density at radius 1 is 1.41 bits per heavy atom. The molecule has 0 aliphatic rings. The Morgan fingerprint density at radius 2 is 2.19 bits per heavy atom. The molecule has 9 heteroatoms. The number of carbonyl (C=O) groups excluding carboxylic acids is 1. The zero-order valence-electron chi connectivity index (χ0n) is 15.0. The van der Waals surface area contributed by atoms with Crippen LogP contribution in [0.1, 0.15) is 26.6 Å². The van der Waals surface area contributed by atoms with Crippen LogP contribution in [0.15, 0.2) is 34.1 Å². The maximum absolute atomic E-state index is 12.4. The third kappa shape index (κ3) is 4.20. The normalized spacial score (nSPS) is 11.7. The van der Waals surface area contributed by atoms with Crippen molar-refractivity contribution >= 4 is 50.1 Å². The van der Waals surface area contributed by atoms with Crippen molar-refractivity contribution in [2.24, 2.45) is 10.7 Å². The average Bonchev–Trinajstić information content (AvgIpc) is 2.96. The van der Waals surface area contributed by atoms with Gasteiger partial charge in [-0.15, -0.1) is 11.3 Å². The van der Waals surface area contributed by atoms with Crippen LogP contribution in [-0.2, 0) is 10.5 Å². The minimum atomic E-state index is -0.472. The van der Waals surface area contributed by atoms with Gasteiger partial charge in [0.2, 0.25) is 0 Å². The van der Waals surface area contributed by atoms with Gasteiger partial charge in [0, 0.05) is 0 Å². The van der Waals surface area contributed by atoms with Gasteiger partial charge in [0.15, 0.2) is 5.17 Å². The van der Waals surface area contributed by atoms with Gasteiger partial charge in [0.25, 0.3) is 5.56 Å². The SMILES string of the molecule is COC(=O)c1sc2nc(CSC(N)=Nc3cccc(C)c3)[nH]c(=O)c2c1C. The van der Waals surface area contributed by atoms with E-state index in [0.717, 1.165) is 22.6 Å². The number of thioether (sulfide) groups is 1. The van der Waals surface area contributed by atoms with Crippen LogP contribution >= 0.6 is 23.1 Å². The number of aliphatic imine (C=N–C) groups is 1. The third-order valence-corrected chi connectivity index (χ3v) is 5.79. The van der Waals surface area contributed by atoms with Crippen molar-refractivity contribution in [3.05, 3.63) is 56.4 Å². The number of aromatic amines is 1. The van der Waals surface area contributed by atoms with Gasteiger partial charge in [-0.2, -0.15) is 0 Å². The maximum atomic E-state index is 12.4. The number of nitrogens with one attached hydrogen (secondary N) is 1. The molecular formula is C18H18N4O3S2. The number of rotatable bonds is 4. The fourth-order valence-electron chi connectivity index (χ4n) is 2.54. The number of fused-ring (bicyclic) bond motifs is 1. The van der Waals surface area contributed by atoms with E-state index in [1.807, 2.05) is 31.2 Å². The first-order valence-corrected chi connectivity index (χ1v) is 9.83. The lowest BCUT2D eigenvalue weighted by molar-refractivity contribution is 0.0605. The number of H-pyrrole nitrogens is 1. The standard InChI is InChI=1S/C18H18N4O3S2/c1-9-5-4-6-11(7-9)20-18(19)26-8-12-21-15(23)13-10(2)14(17(24)25-3)27-16(13)22-12/h4-7H,8H2,1-3H3,(H2,19,20)(H,21,22,23). The van der Waals surface area contributed by atoms with Gasteiger partial charge in [-0.1, -0.05) is 23.9 Å². The van der Waals surface area contributed by atoms with Crippen molar-refractivity contribution in [3.63, 3.8) is 0 Å². The van der Waals surface area contributed by atoms with E-state index >= 15 is 0 Å². The molecule has 3 rings (SSSR count). The molecule has 7 nitrogen and oxygen atoms in total. The molecule has 0 bridgehead atoms. The van der Waals surface area contributed by atoms with Gasteiger partial charge in [-0.25, -0.2) is 14.8 Å². The van der Waals surface area contributed by atoms with Crippen LogP contribution in [-0.4, -0.2) is 28.2 Å². The number of amidine groups is 1. The second kappa shape index (κ2) is 7.93. The summed E-state index contributed by atoms with van der Waals surface area (Å²) in [6.45, 7) is 3.70. The Balaban J connectivity index is 1.83. The summed E-state index contributed by atoms with van der Waals surface area (Å²) in [5.41, 5.74) is 8.14. The molecule has 27 heavy (non-hydrogen) atoms. The van der Waals surface area contributed by atoms with Crippen LogP contribution in [0.25, 0.3) is 10.2 Å². The fraction of sp³-hybridized carbons (Fsp3) is 0.222. The number of carbonyl (C=O) groups is 1. The molecule has 0 saturated heterocycles. The first-order valence-electron chi connectivity index (χ1n) is 8.03. The van der Waals surface area contributed by atoms with Crippen molar-refractivity contribution in [3.8, 4) is 0 Å². The van der Waals surface area contributed by atoms with Crippen LogP contribution in [0.5, 0.6) is 0 Å². The Kier molecular flexibility index (Phi) is 5.62. The number of aryl methyl sites for hydroxylation is 2. The summed E-state index contributed by atoms with van der Waals surface area (Å²) in [7, 11) is 1.31. The number of nitrogens with two attached hydrogens (primary N) is 1. The fourth-order valence-corrected chi connectivity index (χ4v) is 4.25. The molecule has 1 aromatic carbocycles. The Morgan fingerprint density at radius 3 is 2.89 bits per heavy atom. The van der Waals surface area contributed by atoms with Crippen molar-refractivity contribution in [2.45, 2.75) is 19.6 Å². The molecule has 0 aliphatic carbocycles. The lowest BCUT2D eigenvalue weighted by Crippen LogP contribution is -2.13. The van der Waals surface area contributed by atoms with Crippen LogP contribution in [0.4, 0.5) is 5.69 Å². The van der Waals surface area contributed by atoms with Gasteiger partial charge >= 0.3 is 5.97 Å². The molecular weight excluding hydrogens is 384 g/mol. The summed E-state index contributed by atoms with van der Waals surface area (Å²) >= 11 is 2.42. The van der Waals surface area contributed by atoms with Crippen LogP contribution in [0.2, 0.25) is 0 Å². The van der Waals surface area contributed by atoms with Crippen molar-refractivity contribution in [1.29, 1.82) is 0 Å². The smallest absolute Gasteiger partial charge is 0.348 e. The number of thiophene rings is 1. The van der Waals surface area contributed by atoms with E-state index in [-0.39, 0.29) is 5.56 Å². The minimum Gasteiger partial charge on any atom is -0.465 e. The highest BCUT2D eigenvalue weighted by molar-refractivity contribution is 8.13. The number of ether oxygens (including phenoxy) is 1. The molecule has 0 amide bonds. The molecule has 0 saturated carbocycles. The molecule has 0 fully saturated rings. The topological polar surface area (TPSA) is 110 Å². The van der Waals surface area contributed by atoms with E-state index in [9.17, 15) is 9.59 Å². The van der Waals surface area contributed by atoms with Crippen LogP contribution in [0.3, 0.4) is 0 Å². The predicted molar refractivity (Wildman–Crippen MR) is 110 cm³/mol. The maximum Gasteiger partial charge on any atom is 0.348 e. The van der Waals surface area contributed by atoms with E-state index in [0.29, 0.717) is 37.4 Å².